The van der Waals surface area contributed by atoms with E-state index in [1.54, 1.807) is 6.33 Å². The van der Waals surface area contributed by atoms with Crippen molar-refractivity contribution >= 4 is 5.69 Å². The zero-order valence-corrected chi connectivity index (χ0v) is 9.81. The lowest BCUT2D eigenvalue weighted by molar-refractivity contribution is 0.812. The highest BCUT2D eigenvalue weighted by atomic mass is 15.3. The third kappa shape index (κ3) is 2.42. The molecule has 0 aliphatic heterocycles. The Bertz CT molecular complexity index is 565. The number of nitriles is 1. The van der Waals surface area contributed by atoms with Crippen molar-refractivity contribution in [1.29, 1.82) is 5.26 Å². The molecule has 1 N–H and O–H groups in total. The molecule has 17 heavy (non-hydrogen) atoms. The summed E-state index contributed by atoms with van der Waals surface area (Å²) in [6.07, 6.45) is 1.66. The number of hydrogen-bond acceptors (Lipinski definition) is 4. The topological polar surface area (TPSA) is 66.5 Å². The monoisotopic (exact) mass is 227 g/mol. The van der Waals surface area contributed by atoms with Gasteiger partial charge in [0.2, 0.25) is 0 Å². The van der Waals surface area contributed by atoms with Crippen LogP contribution in [-0.2, 0) is 13.6 Å². The van der Waals surface area contributed by atoms with Crippen LogP contribution in [0.2, 0.25) is 0 Å². The van der Waals surface area contributed by atoms with Crippen LogP contribution in [0, 0.1) is 18.3 Å². The standard InChI is InChI=1S/C12H13N5/c1-9-3-4-10(6-13)5-11(9)14-7-12-16-15-8-17(12)2/h3-5,8,14H,7H2,1-2H3. The molecule has 1 heterocycles. The van der Waals surface area contributed by atoms with Crippen LogP contribution in [0.5, 0.6) is 0 Å². The summed E-state index contributed by atoms with van der Waals surface area (Å²) in [7, 11) is 1.90. The fraction of sp³-hybridized carbons (Fsp3) is 0.250. The first-order valence-corrected chi connectivity index (χ1v) is 5.28. The number of rotatable bonds is 3. The Labute approximate surface area is 99.7 Å². The largest absolute Gasteiger partial charge is 0.377 e. The van der Waals surface area contributed by atoms with Crippen LogP contribution in [0.4, 0.5) is 5.69 Å². The molecule has 0 aliphatic rings. The van der Waals surface area contributed by atoms with E-state index in [1.807, 2.05) is 36.7 Å². The zero-order chi connectivity index (χ0) is 12.3. The number of aromatic nitrogens is 3. The maximum Gasteiger partial charge on any atom is 0.151 e. The van der Waals surface area contributed by atoms with E-state index in [9.17, 15) is 0 Å². The van der Waals surface area contributed by atoms with Gasteiger partial charge in [0, 0.05) is 12.7 Å². The van der Waals surface area contributed by atoms with Crippen molar-refractivity contribution in [2.24, 2.45) is 7.05 Å². The molecule has 5 heteroatoms. The Morgan fingerprint density at radius 2 is 2.29 bits per heavy atom. The Morgan fingerprint density at radius 1 is 1.47 bits per heavy atom. The Hall–Kier alpha value is -2.35. The summed E-state index contributed by atoms with van der Waals surface area (Å²) in [5.74, 6) is 0.853. The lowest BCUT2D eigenvalue weighted by Gasteiger charge is -2.09. The van der Waals surface area contributed by atoms with E-state index >= 15 is 0 Å². The predicted molar refractivity (Wildman–Crippen MR) is 64.2 cm³/mol. The molecule has 0 spiro atoms. The molecule has 0 fully saturated rings. The highest BCUT2D eigenvalue weighted by Crippen LogP contribution is 2.16. The molecule has 0 atom stereocenters. The minimum atomic E-state index is 0.590. The molecule has 5 nitrogen and oxygen atoms in total. The maximum absolute atomic E-state index is 8.85. The molecule has 0 saturated carbocycles. The second kappa shape index (κ2) is 4.66. The van der Waals surface area contributed by atoms with Crippen molar-refractivity contribution in [2.75, 3.05) is 5.32 Å². The molecule has 0 radical (unpaired) electrons. The molecule has 0 bridgehead atoms. The van der Waals surface area contributed by atoms with Crippen molar-refractivity contribution in [2.45, 2.75) is 13.5 Å². The van der Waals surface area contributed by atoms with Gasteiger partial charge in [0.1, 0.15) is 6.33 Å². The summed E-state index contributed by atoms with van der Waals surface area (Å²) >= 11 is 0. The average Bonchev–Trinajstić information content (AvgIpc) is 2.74. The SMILES string of the molecule is Cc1ccc(C#N)cc1NCc1nncn1C. The lowest BCUT2D eigenvalue weighted by Crippen LogP contribution is -2.06. The number of nitrogens with zero attached hydrogens (tertiary/aromatic N) is 4. The van der Waals surface area contributed by atoms with Crippen LogP contribution >= 0.6 is 0 Å². The van der Waals surface area contributed by atoms with Gasteiger partial charge in [-0.1, -0.05) is 6.07 Å². The Morgan fingerprint density at radius 3 is 2.94 bits per heavy atom. The summed E-state index contributed by atoms with van der Waals surface area (Å²) in [6, 6.07) is 7.70. The highest BCUT2D eigenvalue weighted by molar-refractivity contribution is 5.55. The van der Waals surface area contributed by atoms with Crippen LogP contribution in [0.15, 0.2) is 24.5 Å². The second-order valence-corrected chi connectivity index (χ2v) is 3.85. The van der Waals surface area contributed by atoms with Crippen LogP contribution in [0.1, 0.15) is 17.0 Å². The molecule has 2 aromatic rings. The Balaban J connectivity index is 2.14. The van der Waals surface area contributed by atoms with E-state index in [0.29, 0.717) is 12.1 Å². The Kier molecular flexibility index (Phi) is 3.06. The van der Waals surface area contributed by atoms with Gasteiger partial charge in [0.05, 0.1) is 18.2 Å². The quantitative estimate of drug-likeness (QED) is 0.865. The minimum absolute atomic E-state index is 0.590. The van der Waals surface area contributed by atoms with E-state index < -0.39 is 0 Å². The van der Waals surface area contributed by atoms with Crippen LogP contribution in [-0.4, -0.2) is 14.8 Å². The number of hydrogen-bond donors (Lipinski definition) is 1. The van der Waals surface area contributed by atoms with Crippen LogP contribution in [0.25, 0.3) is 0 Å². The van der Waals surface area contributed by atoms with Gasteiger partial charge >= 0.3 is 0 Å². The fourth-order valence-electron chi connectivity index (χ4n) is 1.52. The zero-order valence-electron chi connectivity index (χ0n) is 9.81. The average molecular weight is 227 g/mol. The molecule has 0 amide bonds. The molecule has 2 rings (SSSR count). The molecule has 1 aromatic heterocycles. The predicted octanol–water partition coefficient (Wildman–Crippen LogP) is 1.61. The van der Waals surface area contributed by atoms with Crippen molar-refractivity contribution in [3.05, 3.63) is 41.5 Å². The number of aryl methyl sites for hydroxylation is 2. The summed E-state index contributed by atoms with van der Waals surface area (Å²) in [4.78, 5) is 0. The molecular weight excluding hydrogens is 214 g/mol. The molecule has 0 saturated heterocycles. The van der Waals surface area contributed by atoms with Gasteiger partial charge in [-0.15, -0.1) is 10.2 Å². The van der Waals surface area contributed by atoms with Gasteiger partial charge in [0.25, 0.3) is 0 Å². The maximum atomic E-state index is 8.85. The first kappa shape index (κ1) is 11.1. The van der Waals surface area contributed by atoms with E-state index in [-0.39, 0.29) is 0 Å². The lowest BCUT2D eigenvalue weighted by atomic mass is 10.1. The highest BCUT2D eigenvalue weighted by Gasteiger charge is 2.03. The van der Waals surface area contributed by atoms with Crippen molar-refractivity contribution in [3.8, 4) is 6.07 Å². The van der Waals surface area contributed by atoms with Gasteiger partial charge in [-0.25, -0.2) is 0 Å². The van der Waals surface area contributed by atoms with E-state index in [4.69, 9.17) is 5.26 Å². The van der Waals surface area contributed by atoms with Crippen molar-refractivity contribution < 1.29 is 0 Å². The van der Waals surface area contributed by atoms with Crippen LogP contribution < -0.4 is 5.32 Å². The summed E-state index contributed by atoms with van der Waals surface area (Å²) in [5.41, 5.74) is 2.70. The molecule has 0 unspecified atom stereocenters. The molecule has 1 aromatic carbocycles. The number of benzene rings is 1. The normalized spacial score (nSPS) is 9.94. The molecule has 0 aliphatic carbocycles. The van der Waals surface area contributed by atoms with Crippen molar-refractivity contribution in [3.63, 3.8) is 0 Å². The first-order valence-electron chi connectivity index (χ1n) is 5.28. The second-order valence-electron chi connectivity index (χ2n) is 3.85. The number of anilines is 1. The number of nitrogens with one attached hydrogen (secondary N) is 1. The van der Waals surface area contributed by atoms with Crippen LogP contribution in [0.3, 0.4) is 0 Å². The van der Waals surface area contributed by atoms with Gasteiger partial charge in [-0.2, -0.15) is 5.26 Å². The van der Waals surface area contributed by atoms with E-state index in [1.165, 1.54) is 0 Å². The van der Waals surface area contributed by atoms with Gasteiger partial charge in [-0.05, 0) is 24.6 Å². The third-order valence-corrected chi connectivity index (χ3v) is 2.61. The van der Waals surface area contributed by atoms with Gasteiger partial charge < -0.3 is 9.88 Å². The summed E-state index contributed by atoms with van der Waals surface area (Å²) in [6.45, 7) is 2.59. The minimum Gasteiger partial charge on any atom is -0.377 e. The molecular formula is C12H13N5. The van der Waals surface area contributed by atoms with E-state index in [0.717, 1.165) is 17.1 Å². The van der Waals surface area contributed by atoms with E-state index in [2.05, 4.69) is 21.6 Å². The molecule has 86 valence electrons. The fourth-order valence-corrected chi connectivity index (χ4v) is 1.52. The van der Waals surface area contributed by atoms with Crippen molar-refractivity contribution in [1.82, 2.24) is 14.8 Å². The van der Waals surface area contributed by atoms with Gasteiger partial charge in [0.15, 0.2) is 5.82 Å². The smallest absolute Gasteiger partial charge is 0.151 e. The first-order chi connectivity index (χ1) is 8.20. The summed E-state index contributed by atoms with van der Waals surface area (Å²) < 4.78 is 1.86. The van der Waals surface area contributed by atoms with Gasteiger partial charge in [-0.3, -0.25) is 0 Å². The summed E-state index contributed by atoms with van der Waals surface area (Å²) in [5, 5.41) is 19.9. The third-order valence-electron chi connectivity index (χ3n) is 2.61.